The zero-order valence-electron chi connectivity index (χ0n) is 7.44. The lowest BCUT2D eigenvalue weighted by Crippen LogP contribution is -2.03. The summed E-state index contributed by atoms with van der Waals surface area (Å²) in [6.45, 7) is 0.0187. The number of halogens is 2. The summed E-state index contributed by atoms with van der Waals surface area (Å²) in [5, 5.41) is 19.1. The number of benzene rings is 1. The van der Waals surface area contributed by atoms with Gasteiger partial charge in [-0.3, -0.25) is 10.1 Å². The number of nitrogens with zero attached hydrogens (tertiary/aromatic N) is 1. The summed E-state index contributed by atoms with van der Waals surface area (Å²) < 4.78 is 6.12. The fourth-order valence-electron chi connectivity index (χ4n) is 0.938. The molecular formula is C8H7Br2NO4. The fourth-order valence-corrected chi connectivity index (χ4v) is 2.33. The van der Waals surface area contributed by atoms with Crippen LogP contribution in [0, 0.1) is 10.1 Å². The average molecular weight is 341 g/mol. The van der Waals surface area contributed by atoms with Crippen molar-refractivity contribution < 1.29 is 14.8 Å². The molecule has 0 bridgehead atoms. The number of ether oxygens (including phenoxy) is 1. The number of nitro benzene ring substituents is 1. The number of aliphatic hydroxyl groups is 1. The Morgan fingerprint density at radius 1 is 1.40 bits per heavy atom. The van der Waals surface area contributed by atoms with Crippen LogP contribution in [0.4, 0.5) is 5.69 Å². The van der Waals surface area contributed by atoms with Gasteiger partial charge in [0.1, 0.15) is 12.4 Å². The van der Waals surface area contributed by atoms with Crippen molar-refractivity contribution in [3.8, 4) is 5.75 Å². The van der Waals surface area contributed by atoms with E-state index in [1.165, 1.54) is 12.1 Å². The molecule has 0 saturated heterocycles. The first-order valence-electron chi connectivity index (χ1n) is 3.93. The molecule has 0 fully saturated rings. The van der Waals surface area contributed by atoms with Crippen LogP contribution in [-0.2, 0) is 0 Å². The zero-order valence-corrected chi connectivity index (χ0v) is 10.6. The molecule has 0 atom stereocenters. The molecule has 0 heterocycles. The Hall–Kier alpha value is -0.660. The molecule has 1 aromatic carbocycles. The van der Waals surface area contributed by atoms with E-state index in [0.29, 0.717) is 14.7 Å². The standard InChI is InChI=1S/C8H7Br2NO4/c9-6-3-5(11(13)14)4-7(10)8(6)15-2-1-12/h3-4,12H,1-2H2. The highest BCUT2D eigenvalue weighted by molar-refractivity contribution is 9.11. The highest BCUT2D eigenvalue weighted by Crippen LogP contribution is 2.37. The van der Waals surface area contributed by atoms with E-state index < -0.39 is 4.92 Å². The van der Waals surface area contributed by atoms with Crippen molar-refractivity contribution >= 4 is 37.5 Å². The average Bonchev–Trinajstić information content (AvgIpc) is 2.16. The topological polar surface area (TPSA) is 72.6 Å². The second-order valence-electron chi connectivity index (χ2n) is 2.57. The van der Waals surface area contributed by atoms with Gasteiger partial charge in [-0.05, 0) is 31.9 Å². The van der Waals surface area contributed by atoms with Gasteiger partial charge in [0.05, 0.1) is 20.5 Å². The van der Waals surface area contributed by atoms with Crippen LogP contribution in [0.3, 0.4) is 0 Å². The van der Waals surface area contributed by atoms with Crippen molar-refractivity contribution in [1.29, 1.82) is 0 Å². The van der Waals surface area contributed by atoms with Gasteiger partial charge in [0.15, 0.2) is 0 Å². The van der Waals surface area contributed by atoms with Crippen molar-refractivity contribution in [2.24, 2.45) is 0 Å². The molecule has 1 rings (SSSR count). The highest BCUT2D eigenvalue weighted by atomic mass is 79.9. The van der Waals surface area contributed by atoms with E-state index in [1.807, 2.05) is 0 Å². The van der Waals surface area contributed by atoms with E-state index in [2.05, 4.69) is 31.9 Å². The van der Waals surface area contributed by atoms with Crippen molar-refractivity contribution in [2.45, 2.75) is 0 Å². The van der Waals surface area contributed by atoms with Gasteiger partial charge in [-0.25, -0.2) is 0 Å². The smallest absolute Gasteiger partial charge is 0.271 e. The van der Waals surface area contributed by atoms with Crippen LogP contribution in [0.15, 0.2) is 21.1 Å². The molecule has 0 saturated carbocycles. The summed E-state index contributed by atoms with van der Waals surface area (Å²) in [4.78, 5) is 10.0. The summed E-state index contributed by atoms with van der Waals surface area (Å²) >= 11 is 6.31. The molecule has 0 unspecified atom stereocenters. The van der Waals surface area contributed by atoms with Crippen molar-refractivity contribution in [2.75, 3.05) is 13.2 Å². The maximum absolute atomic E-state index is 10.5. The van der Waals surface area contributed by atoms with Crippen LogP contribution in [0.5, 0.6) is 5.75 Å². The van der Waals surface area contributed by atoms with Gasteiger partial charge in [-0.1, -0.05) is 0 Å². The lowest BCUT2D eigenvalue weighted by Gasteiger charge is -2.08. The summed E-state index contributed by atoms with van der Waals surface area (Å²) in [5.74, 6) is 0.439. The maximum Gasteiger partial charge on any atom is 0.271 e. The van der Waals surface area contributed by atoms with E-state index in [9.17, 15) is 10.1 Å². The van der Waals surface area contributed by atoms with Crippen molar-refractivity contribution in [3.63, 3.8) is 0 Å². The number of non-ortho nitro benzene ring substituents is 1. The zero-order chi connectivity index (χ0) is 11.4. The molecule has 5 nitrogen and oxygen atoms in total. The fraction of sp³-hybridized carbons (Fsp3) is 0.250. The van der Waals surface area contributed by atoms with Gasteiger partial charge in [-0.2, -0.15) is 0 Å². The lowest BCUT2D eigenvalue weighted by atomic mass is 10.3. The number of nitro groups is 1. The van der Waals surface area contributed by atoms with E-state index in [0.717, 1.165) is 0 Å². The Labute approximate surface area is 102 Å². The molecule has 0 spiro atoms. The number of rotatable bonds is 4. The summed E-state index contributed by atoms with van der Waals surface area (Å²) in [6.07, 6.45) is 0. The molecule has 82 valence electrons. The number of hydrogen-bond acceptors (Lipinski definition) is 4. The minimum atomic E-state index is -0.495. The molecule has 0 aliphatic heterocycles. The Bertz CT molecular complexity index is 360. The molecule has 1 aromatic rings. The van der Waals surface area contributed by atoms with E-state index in [1.54, 1.807) is 0 Å². The quantitative estimate of drug-likeness (QED) is 0.675. The summed E-state index contributed by atoms with van der Waals surface area (Å²) in [5.41, 5.74) is -0.0369. The SMILES string of the molecule is O=[N+]([O-])c1cc(Br)c(OCCO)c(Br)c1. The van der Waals surface area contributed by atoms with Crippen LogP contribution in [0.25, 0.3) is 0 Å². The third kappa shape index (κ3) is 3.15. The lowest BCUT2D eigenvalue weighted by molar-refractivity contribution is -0.385. The van der Waals surface area contributed by atoms with Crippen LogP contribution < -0.4 is 4.74 Å². The largest absolute Gasteiger partial charge is 0.489 e. The van der Waals surface area contributed by atoms with Crippen molar-refractivity contribution in [3.05, 3.63) is 31.2 Å². The van der Waals surface area contributed by atoms with Gasteiger partial charge in [0.25, 0.3) is 5.69 Å². The maximum atomic E-state index is 10.5. The molecule has 1 N–H and O–H groups in total. The Morgan fingerprint density at radius 2 is 1.93 bits per heavy atom. The first-order chi connectivity index (χ1) is 7.06. The minimum absolute atomic E-state index is 0.0369. The van der Waals surface area contributed by atoms with Crippen LogP contribution in [-0.4, -0.2) is 23.2 Å². The Balaban J connectivity index is 3.04. The van der Waals surface area contributed by atoms with E-state index in [4.69, 9.17) is 9.84 Å². The minimum Gasteiger partial charge on any atom is -0.489 e. The van der Waals surface area contributed by atoms with Crippen molar-refractivity contribution in [1.82, 2.24) is 0 Å². The Morgan fingerprint density at radius 3 is 2.33 bits per heavy atom. The van der Waals surface area contributed by atoms with Crippen LogP contribution in [0.1, 0.15) is 0 Å². The van der Waals surface area contributed by atoms with Crippen LogP contribution in [0.2, 0.25) is 0 Å². The van der Waals surface area contributed by atoms with Gasteiger partial charge in [0, 0.05) is 12.1 Å². The third-order valence-corrected chi connectivity index (χ3v) is 2.71. The van der Waals surface area contributed by atoms with Gasteiger partial charge in [0.2, 0.25) is 0 Å². The van der Waals surface area contributed by atoms with Gasteiger partial charge < -0.3 is 9.84 Å². The second kappa shape index (κ2) is 5.43. The summed E-state index contributed by atoms with van der Waals surface area (Å²) in [6, 6.07) is 2.69. The summed E-state index contributed by atoms with van der Waals surface area (Å²) in [7, 11) is 0. The first kappa shape index (κ1) is 12.4. The molecule has 0 aliphatic carbocycles. The molecule has 0 amide bonds. The molecule has 15 heavy (non-hydrogen) atoms. The number of aliphatic hydroxyl groups excluding tert-OH is 1. The molecular weight excluding hydrogens is 334 g/mol. The molecule has 0 radical (unpaired) electrons. The predicted octanol–water partition coefficient (Wildman–Crippen LogP) is 2.49. The third-order valence-electron chi connectivity index (χ3n) is 1.53. The molecule has 0 aliphatic rings. The monoisotopic (exact) mass is 339 g/mol. The molecule has 0 aromatic heterocycles. The van der Waals surface area contributed by atoms with Crippen LogP contribution >= 0.6 is 31.9 Å². The second-order valence-corrected chi connectivity index (χ2v) is 4.28. The van der Waals surface area contributed by atoms with Gasteiger partial charge in [-0.15, -0.1) is 0 Å². The van der Waals surface area contributed by atoms with E-state index in [-0.39, 0.29) is 18.9 Å². The first-order valence-corrected chi connectivity index (χ1v) is 5.52. The van der Waals surface area contributed by atoms with Gasteiger partial charge >= 0.3 is 0 Å². The molecule has 7 heteroatoms. The van der Waals surface area contributed by atoms with E-state index >= 15 is 0 Å². The number of hydrogen-bond donors (Lipinski definition) is 1. The predicted molar refractivity (Wildman–Crippen MR) is 61.1 cm³/mol. The Kier molecular flexibility index (Phi) is 4.49. The highest BCUT2D eigenvalue weighted by Gasteiger charge is 2.14. The normalized spacial score (nSPS) is 10.1.